The molecule has 86 valence electrons. The molecule has 0 saturated carbocycles. The first kappa shape index (κ1) is 12.0. The molecule has 0 aromatic rings. The minimum atomic E-state index is -0.0278. The number of rotatable bonds is 5. The lowest BCUT2D eigenvalue weighted by Crippen LogP contribution is -2.45. The Bertz CT molecular complexity index is 239. The predicted molar refractivity (Wildman–Crippen MR) is 57.3 cm³/mol. The quantitative estimate of drug-likeness (QED) is 0.628. The zero-order valence-electron chi connectivity index (χ0n) is 9.38. The van der Waals surface area contributed by atoms with Crippen LogP contribution in [0.4, 0.5) is 0 Å². The van der Waals surface area contributed by atoms with Gasteiger partial charge in [0.2, 0.25) is 11.8 Å². The molecule has 1 heterocycles. The maximum Gasteiger partial charge on any atom is 0.222 e. The van der Waals surface area contributed by atoms with E-state index in [2.05, 4.69) is 10.6 Å². The molecule has 0 aromatic heterocycles. The van der Waals surface area contributed by atoms with Crippen LogP contribution in [0.3, 0.4) is 0 Å². The van der Waals surface area contributed by atoms with Gasteiger partial charge >= 0.3 is 0 Å². The van der Waals surface area contributed by atoms with Gasteiger partial charge in [0, 0.05) is 33.5 Å². The molecule has 0 radical (unpaired) electrons. The Labute approximate surface area is 90.2 Å². The fourth-order valence-electron chi connectivity index (χ4n) is 1.41. The Morgan fingerprint density at radius 3 is 2.60 bits per heavy atom. The van der Waals surface area contributed by atoms with Gasteiger partial charge in [-0.1, -0.05) is 0 Å². The zero-order chi connectivity index (χ0) is 11.3. The van der Waals surface area contributed by atoms with Gasteiger partial charge in [-0.05, 0) is 19.0 Å². The van der Waals surface area contributed by atoms with E-state index >= 15 is 0 Å². The fraction of sp³-hybridized carbons (Fsp3) is 0.800. The maximum atomic E-state index is 11.6. The van der Waals surface area contributed by atoms with Gasteiger partial charge in [0.15, 0.2) is 0 Å². The highest BCUT2D eigenvalue weighted by Gasteiger charge is 2.21. The summed E-state index contributed by atoms with van der Waals surface area (Å²) in [4.78, 5) is 24.2. The zero-order valence-corrected chi connectivity index (χ0v) is 9.38. The lowest BCUT2D eigenvalue weighted by atomic mass is 9.99. The van der Waals surface area contributed by atoms with Crippen LogP contribution in [0.1, 0.15) is 12.8 Å². The van der Waals surface area contributed by atoms with Crippen LogP contribution in [0.2, 0.25) is 0 Å². The van der Waals surface area contributed by atoms with E-state index in [1.165, 1.54) is 0 Å². The van der Waals surface area contributed by atoms with Crippen LogP contribution >= 0.6 is 0 Å². The second kappa shape index (κ2) is 5.70. The van der Waals surface area contributed by atoms with E-state index in [1.54, 1.807) is 19.0 Å². The number of amides is 2. The number of carbonyl (C=O) groups is 2. The van der Waals surface area contributed by atoms with Gasteiger partial charge in [0.1, 0.15) is 0 Å². The van der Waals surface area contributed by atoms with Gasteiger partial charge in [-0.3, -0.25) is 9.59 Å². The van der Waals surface area contributed by atoms with Crippen molar-refractivity contribution in [3.63, 3.8) is 0 Å². The molecule has 1 aliphatic heterocycles. The SMILES string of the molecule is CNC(=O)CCN(C)C(=O)CC1CNC1. The molecule has 5 heteroatoms. The topological polar surface area (TPSA) is 61.4 Å². The second-order valence-electron chi connectivity index (χ2n) is 3.97. The van der Waals surface area contributed by atoms with Crippen molar-refractivity contribution < 1.29 is 9.59 Å². The van der Waals surface area contributed by atoms with E-state index in [1.807, 2.05) is 0 Å². The van der Waals surface area contributed by atoms with Crippen LogP contribution in [0.25, 0.3) is 0 Å². The largest absolute Gasteiger partial charge is 0.359 e. The minimum absolute atomic E-state index is 0.0278. The van der Waals surface area contributed by atoms with Crippen LogP contribution in [0.15, 0.2) is 0 Å². The molecular formula is C10H19N3O2. The average Bonchev–Trinajstić information content (AvgIpc) is 2.18. The van der Waals surface area contributed by atoms with Crippen LogP contribution in [-0.4, -0.2) is 50.4 Å². The van der Waals surface area contributed by atoms with Crippen molar-refractivity contribution in [1.29, 1.82) is 0 Å². The Hall–Kier alpha value is -1.10. The molecule has 15 heavy (non-hydrogen) atoms. The second-order valence-corrected chi connectivity index (χ2v) is 3.97. The molecule has 5 nitrogen and oxygen atoms in total. The first-order valence-electron chi connectivity index (χ1n) is 5.28. The molecular weight excluding hydrogens is 194 g/mol. The highest BCUT2D eigenvalue weighted by molar-refractivity contribution is 5.78. The van der Waals surface area contributed by atoms with Gasteiger partial charge in [-0.2, -0.15) is 0 Å². The summed E-state index contributed by atoms with van der Waals surface area (Å²) in [7, 11) is 3.35. The predicted octanol–water partition coefficient (Wildman–Crippen LogP) is -0.810. The summed E-state index contributed by atoms with van der Waals surface area (Å²) in [5.74, 6) is 0.588. The first-order valence-corrected chi connectivity index (χ1v) is 5.28. The summed E-state index contributed by atoms with van der Waals surface area (Å²) in [6.07, 6.45) is 0.971. The average molecular weight is 213 g/mol. The van der Waals surface area contributed by atoms with Crippen molar-refractivity contribution in [1.82, 2.24) is 15.5 Å². The van der Waals surface area contributed by atoms with Crippen molar-refractivity contribution in [3.05, 3.63) is 0 Å². The van der Waals surface area contributed by atoms with Crippen molar-refractivity contribution in [3.8, 4) is 0 Å². The van der Waals surface area contributed by atoms with Gasteiger partial charge in [0.25, 0.3) is 0 Å². The van der Waals surface area contributed by atoms with E-state index in [0.29, 0.717) is 25.3 Å². The van der Waals surface area contributed by atoms with E-state index in [-0.39, 0.29) is 11.8 Å². The van der Waals surface area contributed by atoms with E-state index in [9.17, 15) is 9.59 Å². The molecule has 2 N–H and O–H groups in total. The molecule has 2 amide bonds. The van der Waals surface area contributed by atoms with Crippen LogP contribution in [-0.2, 0) is 9.59 Å². The van der Waals surface area contributed by atoms with E-state index in [4.69, 9.17) is 0 Å². The van der Waals surface area contributed by atoms with Crippen molar-refractivity contribution in [2.75, 3.05) is 33.7 Å². The van der Waals surface area contributed by atoms with Gasteiger partial charge in [-0.15, -0.1) is 0 Å². The summed E-state index contributed by atoms with van der Waals surface area (Å²) in [5.41, 5.74) is 0. The Morgan fingerprint density at radius 1 is 1.47 bits per heavy atom. The molecule has 0 aliphatic carbocycles. The summed E-state index contributed by atoms with van der Waals surface area (Å²) in [5, 5.41) is 5.67. The standard InChI is InChI=1S/C10H19N3O2/c1-11-9(14)3-4-13(2)10(15)5-8-6-12-7-8/h8,12H,3-7H2,1-2H3,(H,11,14). The lowest BCUT2D eigenvalue weighted by molar-refractivity contribution is -0.131. The van der Waals surface area contributed by atoms with Crippen LogP contribution in [0, 0.1) is 5.92 Å². The molecule has 0 aromatic carbocycles. The summed E-state index contributed by atoms with van der Waals surface area (Å²) in [6.45, 7) is 2.38. The third-order valence-electron chi connectivity index (χ3n) is 2.71. The number of carbonyl (C=O) groups excluding carboxylic acids is 2. The smallest absolute Gasteiger partial charge is 0.222 e. The molecule has 0 spiro atoms. The van der Waals surface area contributed by atoms with Gasteiger partial charge in [-0.25, -0.2) is 0 Å². The highest BCUT2D eigenvalue weighted by atomic mass is 16.2. The number of hydrogen-bond donors (Lipinski definition) is 2. The van der Waals surface area contributed by atoms with Crippen molar-refractivity contribution in [2.24, 2.45) is 5.92 Å². The lowest BCUT2D eigenvalue weighted by Gasteiger charge is -2.28. The molecule has 1 saturated heterocycles. The molecule has 1 rings (SSSR count). The monoisotopic (exact) mass is 213 g/mol. The Balaban J connectivity index is 2.17. The summed E-state index contributed by atoms with van der Waals surface area (Å²) < 4.78 is 0. The normalized spacial score (nSPS) is 15.6. The number of hydrogen-bond acceptors (Lipinski definition) is 3. The summed E-state index contributed by atoms with van der Waals surface area (Å²) >= 11 is 0. The molecule has 1 aliphatic rings. The van der Waals surface area contributed by atoms with Gasteiger partial charge < -0.3 is 15.5 Å². The van der Waals surface area contributed by atoms with Crippen LogP contribution in [0.5, 0.6) is 0 Å². The van der Waals surface area contributed by atoms with E-state index < -0.39 is 0 Å². The first-order chi connectivity index (χ1) is 7.13. The van der Waals surface area contributed by atoms with Crippen molar-refractivity contribution in [2.45, 2.75) is 12.8 Å². The fourth-order valence-corrected chi connectivity index (χ4v) is 1.41. The van der Waals surface area contributed by atoms with Crippen LogP contribution < -0.4 is 10.6 Å². The van der Waals surface area contributed by atoms with Gasteiger partial charge in [0.05, 0.1) is 0 Å². The number of nitrogens with one attached hydrogen (secondary N) is 2. The molecule has 0 bridgehead atoms. The number of nitrogens with zero attached hydrogens (tertiary/aromatic N) is 1. The minimum Gasteiger partial charge on any atom is -0.359 e. The van der Waals surface area contributed by atoms with Crippen molar-refractivity contribution >= 4 is 11.8 Å². The third kappa shape index (κ3) is 3.87. The maximum absolute atomic E-state index is 11.6. The third-order valence-corrected chi connectivity index (χ3v) is 2.71. The van der Waals surface area contributed by atoms with E-state index in [0.717, 1.165) is 13.1 Å². The Kier molecular flexibility index (Phi) is 4.55. The highest BCUT2D eigenvalue weighted by Crippen LogP contribution is 2.09. The molecule has 0 atom stereocenters. The Morgan fingerprint density at radius 2 is 2.13 bits per heavy atom. The molecule has 1 fully saturated rings. The molecule has 0 unspecified atom stereocenters. The summed E-state index contributed by atoms with van der Waals surface area (Å²) in [6, 6.07) is 0.